The molecule has 0 radical (unpaired) electrons. The third-order valence-electron chi connectivity index (χ3n) is 6.38. The zero-order valence-electron chi connectivity index (χ0n) is 18.5. The highest BCUT2D eigenvalue weighted by atomic mass is 32.1. The number of hydrogen-bond donors (Lipinski definition) is 0. The van der Waals surface area contributed by atoms with E-state index < -0.39 is 0 Å². The van der Waals surface area contributed by atoms with Gasteiger partial charge in [0.2, 0.25) is 0 Å². The Morgan fingerprint density at radius 1 is 1.06 bits per heavy atom. The molecule has 3 aromatic heterocycles. The Hall–Kier alpha value is -3.58. The summed E-state index contributed by atoms with van der Waals surface area (Å²) in [6.45, 7) is 2.67. The lowest BCUT2D eigenvalue weighted by Gasteiger charge is -2.24. The van der Waals surface area contributed by atoms with Crippen molar-refractivity contribution in [1.82, 2.24) is 24.6 Å². The fraction of sp³-hybridized carbons (Fsp3) is 0.231. The molecule has 0 aliphatic carbocycles. The molecule has 0 saturated carbocycles. The van der Waals surface area contributed by atoms with Gasteiger partial charge < -0.3 is 4.90 Å². The van der Waals surface area contributed by atoms with Crippen LogP contribution in [0.25, 0.3) is 32.5 Å². The van der Waals surface area contributed by atoms with Crippen molar-refractivity contribution in [1.29, 1.82) is 0 Å². The second kappa shape index (κ2) is 7.78. The fourth-order valence-electron chi connectivity index (χ4n) is 4.82. The quantitative estimate of drug-likeness (QED) is 0.360. The summed E-state index contributed by atoms with van der Waals surface area (Å²) < 4.78 is 2.93. The van der Waals surface area contributed by atoms with E-state index in [4.69, 9.17) is 9.97 Å². The topological polar surface area (TPSA) is 63.9 Å². The highest BCUT2D eigenvalue weighted by Gasteiger charge is 2.34. The van der Waals surface area contributed by atoms with Gasteiger partial charge in [-0.25, -0.2) is 9.97 Å². The largest absolute Gasteiger partial charge is 0.329 e. The summed E-state index contributed by atoms with van der Waals surface area (Å²) in [5.74, 6) is 0.0254. The average molecular weight is 454 g/mol. The molecular formula is C26H23N5OS. The third kappa shape index (κ3) is 3.31. The summed E-state index contributed by atoms with van der Waals surface area (Å²) in [4.78, 5) is 25.8. The molecular weight excluding hydrogens is 430 g/mol. The molecule has 1 fully saturated rings. The second-order valence-electron chi connectivity index (χ2n) is 8.51. The molecule has 164 valence electrons. The van der Waals surface area contributed by atoms with Crippen molar-refractivity contribution >= 4 is 38.5 Å². The van der Waals surface area contributed by atoms with Crippen LogP contribution in [-0.4, -0.2) is 37.1 Å². The number of aromatic nitrogens is 4. The van der Waals surface area contributed by atoms with E-state index in [0.717, 1.165) is 62.6 Å². The number of benzene rings is 2. The molecule has 1 aliphatic heterocycles. The first kappa shape index (κ1) is 20.1. The Morgan fingerprint density at radius 3 is 2.67 bits per heavy atom. The van der Waals surface area contributed by atoms with E-state index >= 15 is 0 Å². The van der Waals surface area contributed by atoms with Crippen LogP contribution >= 0.6 is 11.3 Å². The minimum atomic E-state index is -0.00438. The van der Waals surface area contributed by atoms with E-state index in [-0.39, 0.29) is 11.9 Å². The van der Waals surface area contributed by atoms with Crippen LogP contribution in [0.4, 0.5) is 0 Å². The molecule has 0 spiro atoms. The number of aryl methyl sites for hydroxylation is 2. The molecule has 1 amide bonds. The lowest BCUT2D eigenvalue weighted by atomic mass is 10.0. The van der Waals surface area contributed by atoms with Crippen LogP contribution in [0.3, 0.4) is 0 Å². The zero-order chi connectivity index (χ0) is 22.5. The SMILES string of the molecule is Cc1nn(C)c2nc(-c3ccccc3)cc(C(=O)N3CCC[C@@H]3c3nc4ccccc4s3)c12. The van der Waals surface area contributed by atoms with Crippen molar-refractivity contribution in [2.24, 2.45) is 7.05 Å². The van der Waals surface area contributed by atoms with Crippen LogP contribution in [0.1, 0.15) is 39.9 Å². The molecule has 5 aromatic rings. The minimum absolute atomic E-state index is 0.00438. The van der Waals surface area contributed by atoms with Crippen LogP contribution in [0.2, 0.25) is 0 Å². The molecule has 0 unspecified atom stereocenters. The maximum absolute atomic E-state index is 14.0. The van der Waals surface area contributed by atoms with Gasteiger partial charge in [0.1, 0.15) is 5.01 Å². The lowest BCUT2D eigenvalue weighted by molar-refractivity contribution is 0.0737. The number of carbonyl (C=O) groups excluding carboxylic acids is 1. The van der Waals surface area contributed by atoms with E-state index in [2.05, 4.69) is 11.2 Å². The molecule has 7 heteroatoms. The van der Waals surface area contributed by atoms with Gasteiger partial charge in [-0.1, -0.05) is 42.5 Å². The normalized spacial score (nSPS) is 16.2. The molecule has 6 rings (SSSR count). The molecule has 1 aliphatic rings. The number of rotatable bonds is 3. The molecule has 1 saturated heterocycles. The fourth-order valence-corrected chi connectivity index (χ4v) is 5.94. The van der Waals surface area contributed by atoms with E-state index in [0.29, 0.717) is 5.56 Å². The standard InChI is InChI=1S/C26H23N5OS/c1-16-23-18(15-20(17-9-4-3-5-10-17)27-24(23)30(2)29-16)26(32)31-14-8-12-21(31)25-28-19-11-6-7-13-22(19)33-25/h3-7,9-11,13,15,21H,8,12,14H2,1-2H3/t21-/m1/s1. The van der Waals surface area contributed by atoms with Crippen LogP contribution < -0.4 is 0 Å². The van der Waals surface area contributed by atoms with Gasteiger partial charge in [0.15, 0.2) is 5.65 Å². The van der Waals surface area contributed by atoms with Crippen molar-refractivity contribution in [2.75, 3.05) is 6.54 Å². The first-order valence-corrected chi connectivity index (χ1v) is 12.0. The molecule has 0 N–H and O–H groups in total. The Bertz CT molecular complexity index is 1470. The third-order valence-corrected chi connectivity index (χ3v) is 7.52. The first-order valence-electron chi connectivity index (χ1n) is 11.2. The second-order valence-corrected chi connectivity index (χ2v) is 9.57. The Labute approximate surface area is 195 Å². The Balaban J connectivity index is 1.47. The summed E-state index contributed by atoms with van der Waals surface area (Å²) in [6, 6.07) is 20.1. The van der Waals surface area contributed by atoms with Gasteiger partial charge in [-0.3, -0.25) is 9.48 Å². The van der Waals surface area contributed by atoms with Crippen LogP contribution in [-0.2, 0) is 7.05 Å². The first-order chi connectivity index (χ1) is 16.1. The van der Waals surface area contributed by atoms with Crippen molar-refractivity contribution in [2.45, 2.75) is 25.8 Å². The Morgan fingerprint density at radius 2 is 1.85 bits per heavy atom. The van der Waals surface area contributed by atoms with Gasteiger partial charge in [-0.2, -0.15) is 5.10 Å². The van der Waals surface area contributed by atoms with Crippen LogP contribution in [0.5, 0.6) is 0 Å². The summed E-state index contributed by atoms with van der Waals surface area (Å²) in [7, 11) is 1.88. The van der Waals surface area contributed by atoms with Gasteiger partial charge in [-0.15, -0.1) is 11.3 Å². The molecule has 1 atom stereocenters. The van der Waals surface area contributed by atoms with E-state index in [1.165, 1.54) is 0 Å². The number of hydrogen-bond acceptors (Lipinski definition) is 5. The average Bonchev–Trinajstić information content (AvgIpc) is 3.56. The number of para-hydroxylation sites is 1. The predicted molar refractivity (Wildman–Crippen MR) is 131 cm³/mol. The van der Waals surface area contributed by atoms with Gasteiger partial charge >= 0.3 is 0 Å². The number of carbonyl (C=O) groups is 1. The summed E-state index contributed by atoms with van der Waals surface area (Å²) in [6.07, 6.45) is 1.90. The highest BCUT2D eigenvalue weighted by molar-refractivity contribution is 7.18. The van der Waals surface area contributed by atoms with Crippen molar-refractivity contribution in [3.63, 3.8) is 0 Å². The summed E-state index contributed by atoms with van der Waals surface area (Å²) in [5, 5.41) is 6.42. The van der Waals surface area contributed by atoms with Crippen molar-refractivity contribution < 1.29 is 4.79 Å². The smallest absolute Gasteiger partial charge is 0.255 e. The molecule has 2 aromatic carbocycles. The van der Waals surface area contributed by atoms with Gasteiger partial charge in [0.25, 0.3) is 5.91 Å². The number of pyridine rings is 1. The van der Waals surface area contributed by atoms with Gasteiger partial charge in [0.05, 0.1) is 38.6 Å². The van der Waals surface area contributed by atoms with Gasteiger partial charge in [0, 0.05) is 19.2 Å². The van der Waals surface area contributed by atoms with E-state index in [1.807, 2.05) is 73.5 Å². The van der Waals surface area contributed by atoms with Gasteiger partial charge in [-0.05, 0) is 38.0 Å². The highest BCUT2D eigenvalue weighted by Crippen LogP contribution is 2.38. The zero-order valence-corrected chi connectivity index (χ0v) is 19.3. The summed E-state index contributed by atoms with van der Waals surface area (Å²) in [5.41, 5.74) is 4.98. The minimum Gasteiger partial charge on any atom is -0.329 e. The van der Waals surface area contributed by atoms with Crippen LogP contribution in [0, 0.1) is 6.92 Å². The number of thiazole rings is 1. The number of fused-ring (bicyclic) bond motifs is 2. The van der Waals surface area contributed by atoms with Crippen molar-refractivity contribution in [3.8, 4) is 11.3 Å². The molecule has 33 heavy (non-hydrogen) atoms. The van der Waals surface area contributed by atoms with Crippen LogP contribution in [0.15, 0.2) is 60.7 Å². The predicted octanol–water partition coefficient (Wildman–Crippen LogP) is 5.53. The number of likely N-dealkylation sites (tertiary alicyclic amines) is 1. The van der Waals surface area contributed by atoms with Crippen molar-refractivity contribution in [3.05, 3.63) is 76.9 Å². The maximum Gasteiger partial charge on any atom is 0.255 e. The Kier molecular flexibility index (Phi) is 4.73. The molecule has 0 bridgehead atoms. The molecule has 4 heterocycles. The molecule has 6 nitrogen and oxygen atoms in total. The summed E-state index contributed by atoms with van der Waals surface area (Å²) >= 11 is 1.69. The maximum atomic E-state index is 14.0. The number of amides is 1. The van der Waals surface area contributed by atoms with E-state index in [1.54, 1.807) is 16.0 Å². The lowest BCUT2D eigenvalue weighted by Crippen LogP contribution is -2.30. The van der Waals surface area contributed by atoms with E-state index in [9.17, 15) is 4.79 Å². The number of nitrogens with zero attached hydrogens (tertiary/aromatic N) is 5. The monoisotopic (exact) mass is 453 g/mol.